The molecule has 24 heavy (non-hydrogen) atoms. The number of ether oxygens (including phenoxy) is 1. The molecule has 124 valence electrons. The number of phenolic OH excluding ortho intramolecular Hbond substituents is 2. The number of aromatic hydroxyl groups is 2. The van der Waals surface area contributed by atoms with Gasteiger partial charge >= 0.3 is 0 Å². The molecule has 0 radical (unpaired) electrons. The van der Waals surface area contributed by atoms with Crippen LogP contribution in [0.25, 0.3) is 12.2 Å². The largest absolute Gasteiger partial charge is 0.508 e. The van der Waals surface area contributed by atoms with E-state index < -0.39 is 5.91 Å². The maximum atomic E-state index is 12.1. The lowest BCUT2D eigenvalue weighted by atomic mass is 10.2. The zero-order valence-corrected chi connectivity index (χ0v) is 14.4. The van der Waals surface area contributed by atoms with Crippen molar-refractivity contribution in [3.63, 3.8) is 0 Å². The SMILES string of the molecule is COC(=Cc1ccc(O)cc1)C(=O)NC=Cc1ccc(O)c(Br)c1. The second kappa shape index (κ2) is 8.21. The van der Waals surface area contributed by atoms with Gasteiger partial charge in [-0.15, -0.1) is 0 Å². The zero-order valence-electron chi connectivity index (χ0n) is 12.9. The first-order valence-electron chi connectivity index (χ1n) is 7.00. The summed E-state index contributed by atoms with van der Waals surface area (Å²) in [5, 5.41) is 21.3. The molecule has 0 aliphatic rings. The summed E-state index contributed by atoms with van der Waals surface area (Å²) in [6, 6.07) is 11.4. The second-order valence-electron chi connectivity index (χ2n) is 4.82. The van der Waals surface area contributed by atoms with Crippen LogP contribution >= 0.6 is 15.9 Å². The van der Waals surface area contributed by atoms with Gasteiger partial charge in [0.05, 0.1) is 11.6 Å². The van der Waals surface area contributed by atoms with Gasteiger partial charge in [-0.3, -0.25) is 4.79 Å². The number of halogens is 1. The van der Waals surface area contributed by atoms with Crippen LogP contribution in [-0.2, 0) is 9.53 Å². The summed E-state index contributed by atoms with van der Waals surface area (Å²) in [6.45, 7) is 0. The minimum Gasteiger partial charge on any atom is -0.508 e. The van der Waals surface area contributed by atoms with E-state index in [1.54, 1.807) is 42.5 Å². The van der Waals surface area contributed by atoms with Crippen LogP contribution in [0.4, 0.5) is 0 Å². The van der Waals surface area contributed by atoms with Crippen molar-refractivity contribution in [2.75, 3.05) is 7.11 Å². The molecule has 2 rings (SSSR count). The van der Waals surface area contributed by atoms with E-state index in [-0.39, 0.29) is 17.3 Å². The second-order valence-corrected chi connectivity index (χ2v) is 5.68. The Morgan fingerprint density at radius 2 is 1.79 bits per heavy atom. The standard InChI is InChI=1S/C18H16BrNO4/c1-24-17(11-12-2-5-14(21)6-3-12)18(23)20-9-8-13-4-7-16(22)15(19)10-13/h2-11,21-22H,1H3,(H,20,23). The average Bonchev–Trinajstić information content (AvgIpc) is 2.57. The van der Waals surface area contributed by atoms with Crippen LogP contribution in [0.5, 0.6) is 11.5 Å². The van der Waals surface area contributed by atoms with E-state index in [0.29, 0.717) is 4.47 Å². The Morgan fingerprint density at radius 1 is 1.12 bits per heavy atom. The third-order valence-electron chi connectivity index (χ3n) is 3.10. The Labute approximate surface area is 148 Å². The van der Waals surface area contributed by atoms with E-state index in [9.17, 15) is 15.0 Å². The summed E-state index contributed by atoms with van der Waals surface area (Å²) in [5.41, 5.74) is 1.53. The number of amides is 1. The van der Waals surface area contributed by atoms with Crippen LogP contribution in [-0.4, -0.2) is 23.2 Å². The lowest BCUT2D eigenvalue weighted by Gasteiger charge is -2.05. The third-order valence-corrected chi connectivity index (χ3v) is 3.73. The molecule has 5 nitrogen and oxygen atoms in total. The average molecular weight is 390 g/mol. The summed E-state index contributed by atoms with van der Waals surface area (Å²) in [4.78, 5) is 12.1. The molecular formula is C18H16BrNO4. The van der Waals surface area contributed by atoms with Gasteiger partial charge < -0.3 is 20.3 Å². The van der Waals surface area contributed by atoms with Crippen molar-refractivity contribution in [3.8, 4) is 11.5 Å². The Morgan fingerprint density at radius 3 is 2.42 bits per heavy atom. The highest BCUT2D eigenvalue weighted by Gasteiger charge is 2.08. The van der Waals surface area contributed by atoms with Gasteiger partial charge in [0.25, 0.3) is 5.91 Å². The number of benzene rings is 2. The van der Waals surface area contributed by atoms with Gasteiger partial charge in [-0.05, 0) is 63.5 Å². The van der Waals surface area contributed by atoms with E-state index in [4.69, 9.17) is 4.74 Å². The maximum absolute atomic E-state index is 12.1. The predicted molar refractivity (Wildman–Crippen MR) is 96.1 cm³/mol. The molecule has 3 N–H and O–H groups in total. The molecule has 0 saturated carbocycles. The van der Waals surface area contributed by atoms with E-state index in [1.165, 1.54) is 25.4 Å². The van der Waals surface area contributed by atoms with Crippen LogP contribution in [0.15, 0.2) is 58.9 Å². The highest BCUT2D eigenvalue weighted by atomic mass is 79.9. The summed E-state index contributed by atoms with van der Waals surface area (Å²) in [6.07, 6.45) is 4.75. The molecule has 6 heteroatoms. The summed E-state index contributed by atoms with van der Waals surface area (Å²) >= 11 is 3.23. The molecule has 0 aromatic heterocycles. The Kier molecular flexibility index (Phi) is 6.03. The molecule has 2 aromatic carbocycles. The molecule has 0 atom stereocenters. The summed E-state index contributed by atoms with van der Waals surface area (Å²) in [7, 11) is 1.41. The molecule has 1 amide bonds. The van der Waals surface area contributed by atoms with Crippen molar-refractivity contribution in [1.82, 2.24) is 5.32 Å². The number of rotatable bonds is 5. The number of carbonyl (C=O) groups excluding carboxylic acids is 1. The first-order valence-corrected chi connectivity index (χ1v) is 7.79. The van der Waals surface area contributed by atoms with Gasteiger partial charge in [0.1, 0.15) is 11.5 Å². The zero-order chi connectivity index (χ0) is 17.5. The molecule has 2 aromatic rings. The maximum Gasteiger partial charge on any atom is 0.290 e. The first-order chi connectivity index (χ1) is 11.5. The number of phenols is 2. The van der Waals surface area contributed by atoms with Gasteiger partial charge in [-0.1, -0.05) is 18.2 Å². The van der Waals surface area contributed by atoms with Crippen molar-refractivity contribution < 1.29 is 19.7 Å². The molecule has 0 spiro atoms. The molecule has 0 heterocycles. The van der Waals surface area contributed by atoms with Crippen molar-refractivity contribution in [2.45, 2.75) is 0 Å². The molecular weight excluding hydrogens is 374 g/mol. The summed E-state index contributed by atoms with van der Waals surface area (Å²) < 4.78 is 5.67. The number of nitrogens with one attached hydrogen (secondary N) is 1. The number of hydrogen-bond donors (Lipinski definition) is 3. The first kappa shape index (κ1) is 17.6. The number of carbonyl (C=O) groups is 1. The van der Waals surface area contributed by atoms with Crippen molar-refractivity contribution in [1.29, 1.82) is 0 Å². The van der Waals surface area contributed by atoms with Gasteiger partial charge in [0.15, 0.2) is 5.76 Å². The Balaban J connectivity index is 2.04. The van der Waals surface area contributed by atoms with E-state index in [0.717, 1.165) is 11.1 Å². The molecule has 0 aliphatic heterocycles. The fraction of sp³-hybridized carbons (Fsp3) is 0.0556. The van der Waals surface area contributed by atoms with Gasteiger partial charge in [-0.25, -0.2) is 0 Å². The Hall–Kier alpha value is -2.73. The third kappa shape index (κ3) is 4.89. The Bertz CT molecular complexity index is 782. The van der Waals surface area contributed by atoms with Gasteiger partial charge in [0, 0.05) is 6.20 Å². The van der Waals surface area contributed by atoms with Crippen LogP contribution in [0.3, 0.4) is 0 Å². The van der Waals surface area contributed by atoms with Crippen molar-refractivity contribution in [3.05, 3.63) is 70.0 Å². The quantitative estimate of drug-likeness (QED) is 0.538. The predicted octanol–water partition coefficient (Wildman–Crippen LogP) is 3.63. The highest BCUT2D eigenvalue weighted by Crippen LogP contribution is 2.24. The van der Waals surface area contributed by atoms with Crippen LogP contribution in [0.2, 0.25) is 0 Å². The number of hydrogen-bond acceptors (Lipinski definition) is 4. The molecule has 0 aliphatic carbocycles. The van der Waals surface area contributed by atoms with Crippen molar-refractivity contribution >= 4 is 34.0 Å². The lowest BCUT2D eigenvalue weighted by Crippen LogP contribution is -2.20. The highest BCUT2D eigenvalue weighted by molar-refractivity contribution is 9.10. The topological polar surface area (TPSA) is 78.8 Å². The molecule has 0 bridgehead atoms. The molecule has 0 fully saturated rings. The molecule has 0 saturated heterocycles. The van der Waals surface area contributed by atoms with Crippen LogP contribution < -0.4 is 5.32 Å². The van der Waals surface area contributed by atoms with Crippen LogP contribution in [0, 0.1) is 0 Å². The lowest BCUT2D eigenvalue weighted by molar-refractivity contribution is -0.119. The van der Waals surface area contributed by atoms with Crippen LogP contribution in [0.1, 0.15) is 11.1 Å². The van der Waals surface area contributed by atoms with Crippen molar-refractivity contribution in [2.24, 2.45) is 0 Å². The van der Waals surface area contributed by atoms with E-state index in [2.05, 4.69) is 21.2 Å². The minimum absolute atomic E-state index is 0.136. The fourth-order valence-corrected chi connectivity index (χ4v) is 2.25. The minimum atomic E-state index is -0.403. The van der Waals surface area contributed by atoms with Gasteiger partial charge in [0.2, 0.25) is 0 Å². The number of methoxy groups -OCH3 is 1. The van der Waals surface area contributed by atoms with E-state index in [1.807, 2.05) is 0 Å². The molecule has 0 unspecified atom stereocenters. The smallest absolute Gasteiger partial charge is 0.290 e. The fourth-order valence-electron chi connectivity index (χ4n) is 1.85. The van der Waals surface area contributed by atoms with Gasteiger partial charge in [-0.2, -0.15) is 0 Å². The monoisotopic (exact) mass is 389 g/mol. The summed E-state index contributed by atoms with van der Waals surface area (Å²) in [5.74, 6) is 0.0325. The normalized spacial score (nSPS) is 11.5. The van der Waals surface area contributed by atoms with E-state index >= 15 is 0 Å².